The van der Waals surface area contributed by atoms with E-state index in [0.717, 1.165) is 0 Å². The number of anilines is 2. The van der Waals surface area contributed by atoms with Gasteiger partial charge in [-0.05, 0) is 55.7 Å². The largest absolute Gasteiger partial charge is 0.471 e. The van der Waals surface area contributed by atoms with Crippen LogP contribution in [0.4, 0.5) is 37.7 Å². The van der Waals surface area contributed by atoms with Gasteiger partial charge in [0, 0.05) is 24.2 Å². The number of halogens is 6. The number of nitrogens with one attached hydrogen (secondary N) is 4. The summed E-state index contributed by atoms with van der Waals surface area (Å²) in [6.45, 7) is 3.09. The van der Waals surface area contributed by atoms with Crippen LogP contribution in [0.25, 0.3) is 0 Å². The predicted octanol–water partition coefficient (Wildman–Crippen LogP) is 4.24. The summed E-state index contributed by atoms with van der Waals surface area (Å²) in [6, 6.07) is 10.6. The molecule has 0 aliphatic carbocycles. The zero-order chi connectivity index (χ0) is 30.8. The first-order valence-corrected chi connectivity index (χ1v) is 11.7. The normalized spacial score (nSPS) is 12.4. The smallest absolute Gasteiger partial charge is 0.318 e. The third-order valence-corrected chi connectivity index (χ3v) is 5.14. The van der Waals surface area contributed by atoms with Gasteiger partial charge in [-0.25, -0.2) is 10.9 Å². The van der Waals surface area contributed by atoms with Crippen LogP contribution in [-0.4, -0.2) is 47.4 Å². The van der Waals surface area contributed by atoms with Crippen LogP contribution < -0.4 is 21.5 Å². The molecule has 220 valence electrons. The second kappa shape index (κ2) is 14.0. The van der Waals surface area contributed by atoms with Crippen molar-refractivity contribution in [1.82, 2.24) is 10.9 Å². The van der Waals surface area contributed by atoms with Gasteiger partial charge in [-0.1, -0.05) is 24.3 Å². The summed E-state index contributed by atoms with van der Waals surface area (Å²) in [6.07, 6.45) is -9.99. The number of benzene rings is 2. The van der Waals surface area contributed by atoms with Gasteiger partial charge in [0.1, 0.15) is 0 Å². The molecular formula is C25H24F6N6O4. The van der Waals surface area contributed by atoms with Gasteiger partial charge in [-0.3, -0.25) is 19.2 Å². The van der Waals surface area contributed by atoms with Crippen LogP contribution in [-0.2, 0) is 19.2 Å². The number of hydrazone groups is 2. The van der Waals surface area contributed by atoms with Crippen molar-refractivity contribution in [1.29, 1.82) is 0 Å². The second-order valence-electron chi connectivity index (χ2n) is 8.38. The van der Waals surface area contributed by atoms with Crippen LogP contribution in [0.1, 0.15) is 44.2 Å². The van der Waals surface area contributed by atoms with Crippen molar-refractivity contribution in [3.05, 3.63) is 59.7 Å². The molecule has 4 N–H and O–H groups in total. The molecule has 0 atom stereocenters. The van der Waals surface area contributed by atoms with Crippen LogP contribution in [0, 0.1) is 0 Å². The van der Waals surface area contributed by atoms with Gasteiger partial charge < -0.3 is 10.6 Å². The number of alkyl halides is 6. The fraction of sp³-hybridized carbons (Fsp3) is 0.280. The van der Waals surface area contributed by atoms with Gasteiger partial charge in [-0.2, -0.15) is 36.5 Å². The topological polar surface area (TPSA) is 141 Å². The summed E-state index contributed by atoms with van der Waals surface area (Å²) in [5, 5.41) is 11.2. The minimum atomic E-state index is -5.02. The molecule has 2 aromatic carbocycles. The molecule has 0 bridgehead atoms. The average Bonchev–Trinajstić information content (AvgIpc) is 2.90. The Morgan fingerprint density at radius 2 is 0.927 bits per heavy atom. The Bertz CT molecular complexity index is 1220. The van der Waals surface area contributed by atoms with E-state index in [9.17, 15) is 45.5 Å². The maximum atomic E-state index is 12.3. The van der Waals surface area contributed by atoms with Crippen molar-refractivity contribution in [3.8, 4) is 0 Å². The minimum Gasteiger partial charge on any atom is -0.318 e. The molecule has 41 heavy (non-hydrogen) atoms. The molecule has 0 saturated carbocycles. The van der Waals surface area contributed by atoms with Gasteiger partial charge in [0.15, 0.2) is 0 Å². The molecule has 0 radical (unpaired) electrons. The van der Waals surface area contributed by atoms with E-state index in [2.05, 4.69) is 21.1 Å². The van der Waals surface area contributed by atoms with Gasteiger partial charge in [0.25, 0.3) is 0 Å². The van der Waals surface area contributed by atoms with Crippen LogP contribution in [0.2, 0.25) is 0 Å². The molecule has 4 amide bonds. The Kier molecular flexibility index (Phi) is 11.1. The molecule has 0 spiro atoms. The first-order chi connectivity index (χ1) is 19.1. The summed E-state index contributed by atoms with van der Waals surface area (Å²) in [5.74, 6) is -5.20. The van der Waals surface area contributed by atoms with E-state index >= 15 is 0 Å². The molecule has 0 aliphatic heterocycles. The fourth-order valence-electron chi connectivity index (χ4n) is 2.94. The van der Waals surface area contributed by atoms with Crippen molar-refractivity contribution < 1.29 is 45.5 Å². The highest BCUT2D eigenvalue weighted by atomic mass is 19.4. The monoisotopic (exact) mass is 586 g/mol. The highest BCUT2D eigenvalue weighted by Crippen LogP contribution is 2.20. The molecule has 0 heterocycles. The lowest BCUT2D eigenvalue weighted by atomic mass is 10.1. The van der Waals surface area contributed by atoms with Crippen molar-refractivity contribution >= 4 is 46.4 Å². The number of rotatable bonds is 10. The summed E-state index contributed by atoms with van der Waals surface area (Å²) in [5.41, 5.74) is 6.09. The third-order valence-electron chi connectivity index (χ3n) is 5.14. The van der Waals surface area contributed by atoms with Crippen molar-refractivity contribution in [2.45, 2.75) is 45.5 Å². The van der Waals surface area contributed by atoms with E-state index in [1.807, 2.05) is 0 Å². The molecule has 10 nitrogen and oxygen atoms in total. The number of carbonyl (C=O) groups excluding carboxylic acids is 4. The standard InChI is InChI=1S/C25H24F6N6O4/c1-14(16-6-10-18(11-7-16)32-22(40)24(26,27)28)34-36-20(38)4-3-5-21(39)37-35-15(2)17-8-12-19(13-9-17)33-23(41)25(29,30)31/h6-13H,3-5H2,1-2H3,(H,32,40)(H,33,41)(H,36,38)(H,37,39)/b34-14+,35-15+. The predicted molar refractivity (Wildman–Crippen MR) is 137 cm³/mol. The molecule has 0 fully saturated rings. The van der Waals surface area contributed by atoms with E-state index in [1.165, 1.54) is 48.5 Å². The van der Waals surface area contributed by atoms with Gasteiger partial charge >= 0.3 is 24.2 Å². The Labute approximate surface area is 229 Å². The molecule has 0 saturated heterocycles. The van der Waals surface area contributed by atoms with E-state index in [0.29, 0.717) is 22.6 Å². The maximum absolute atomic E-state index is 12.3. The van der Waals surface area contributed by atoms with Gasteiger partial charge in [-0.15, -0.1) is 0 Å². The number of amides is 4. The van der Waals surface area contributed by atoms with Crippen LogP contribution in [0.3, 0.4) is 0 Å². The Morgan fingerprint density at radius 1 is 0.610 bits per heavy atom. The minimum absolute atomic E-state index is 0.0551. The summed E-state index contributed by atoms with van der Waals surface area (Å²) < 4.78 is 73.9. The van der Waals surface area contributed by atoms with Crippen LogP contribution in [0.15, 0.2) is 58.7 Å². The molecule has 2 aromatic rings. The van der Waals surface area contributed by atoms with Gasteiger partial charge in [0.2, 0.25) is 11.8 Å². The second-order valence-corrected chi connectivity index (χ2v) is 8.38. The molecule has 0 unspecified atom stereocenters. The Balaban J connectivity index is 1.76. The maximum Gasteiger partial charge on any atom is 0.471 e. The van der Waals surface area contributed by atoms with E-state index < -0.39 is 36.0 Å². The highest BCUT2D eigenvalue weighted by Gasteiger charge is 2.39. The Morgan fingerprint density at radius 3 is 1.22 bits per heavy atom. The summed E-state index contributed by atoms with van der Waals surface area (Å²) >= 11 is 0. The van der Waals surface area contributed by atoms with E-state index in [-0.39, 0.29) is 30.6 Å². The lowest BCUT2D eigenvalue weighted by molar-refractivity contribution is -0.167. The quantitative estimate of drug-likeness (QED) is 0.188. The molecule has 2 rings (SSSR count). The number of carbonyl (C=O) groups is 4. The number of nitrogens with zero attached hydrogens (tertiary/aromatic N) is 2. The zero-order valence-corrected chi connectivity index (χ0v) is 21.5. The molecule has 0 aromatic heterocycles. The highest BCUT2D eigenvalue weighted by molar-refractivity contribution is 6.01. The molecule has 0 aliphatic rings. The SMILES string of the molecule is C/C(=N\NC(=O)CCCC(=O)N/N=C(\C)c1ccc(NC(=O)C(F)(F)F)cc1)c1ccc(NC(=O)C(F)(F)F)cc1. The van der Waals surface area contributed by atoms with Crippen molar-refractivity contribution in [3.63, 3.8) is 0 Å². The van der Waals surface area contributed by atoms with Crippen molar-refractivity contribution in [2.24, 2.45) is 10.2 Å². The van der Waals surface area contributed by atoms with Crippen molar-refractivity contribution in [2.75, 3.05) is 10.6 Å². The van der Waals surface area contributed by atoms with Crippen LogP contribution in [0.5, 0.6) is 0 Å². The summed E-state index contributed by atoms with van der Waals surface area (Å²) in [7, 11) is 0. The Hall–Kier alpha value is -4.76. The lowest BCUT2D eigenvalue weighted by Crippen LogP contribution is -2.29. The molecule has 16 heteroatoms. The van der Waals surface area contributed by atoms with E-state index in [4.69, 9.17) is 0 Å². The zero-order valence-electron chi connectivity index (χ0n) is 21.5. The lowest BCUT2D eigenvalue weighted by Gasteiger charge is -2.09. The van der Waals surface area contributed by atoms with Gasteiger partial charge in [0.05, 0.1) is 11.4 Å². The van der Waals surface area contributed by atoms with Crippen LogP contribution >= 0.6 is 0 Å². The van der Waals surface area contributed by atoms with E-state index in [1.54, 1.807) is 24.5 Å². The number of hydrogen-bond acceptors (Lipinski definition) is 6. The number of hydrogen-bond donors (Lipinski definition) is 4. The molecular weight excluding hydrogens is 562 g/mol. The fourth-order valence-corrected chi connectivity index (χ4v) is 2.94. The first kappa shape index (κ1) is 32.5. The summed E-state index contributed by atoms with van der Waals surface area (Å²) in [4.78, 5) is 46.0. The first-order valence-electron chi connectivity index (χ1n) is 11.7. The average molecular weight is 586 g/mol. The third kappa shape index (κ3) is 11.1.